The highest BCUT2D eigenvalue weighted by Gasteiger charge is 2.37. The molecular weight excluding hydrogens is 552 g/mol. The maximum atomic E-state index is 14.6. The molecular formula is C30H27F6NO4. The summed E-state index contributed by atoms with van der Waals surface area (Å²) in [5.41, 5.74) is -1.10. The van der Waals surface area contributed by atoms with Crippen molar-refractivity contribution in [3.8, 4) is 16.9 Å². The molecule has 41 heavy (non-hydrogen) atoms. The van der Waals surface area contributed by atoms with E-state index >= 15 is 0 Å². The zero-order valence-corrected chi connectivity index (χ0v) is 22.7. The molecule has 0 saturated carbocycles. The number of anilines is 1. The van der Waals surface area contributed by atoms with E-state index in [4.69, 9.17) is 9.47 Å². The second-order valence-electron chi connectivity index (χ2n) is 10.7. The minimum absolute atomic E-state index is 0.0106. The molecule has 0 bridgehead atoms. The molecule has 0 saturated heterocycles. The van der Waals surface area contributed by atoms with Crippen molar-refractivity contribution in [3.05, 3.63) is 82.7 Å². The van der Waals surface area contributed by atoms with Gasteiger partial charge in [-0.3, -0.25) is 9.59 Å². The van der Waals surface area contributed by atoms with Crippen molar-refractivity contribution in [3.63, 3.8) is 0 Å². The first-order valence-corrected chi connectivity index (χ1v) is 12.6. The number of nitrogens with zero attached hydrogens (tertiary/aromatic N) is 1. The molecule has 3 aromatic rings. The van der Waals surface area contributed by atoms with Gasteiger partial charge >= 0.3 is 12.1 Å². The van der Waals surface area contributed by atoms with Gasteiger partial charge in [-0.1, -0.05) is 12.1 Å². The van der Waals surface area contributed by atoms with Crippen molar-refractivity contribution < 1.29 is 45.4 Å². The lowest BCUT2D eigenvalue weighted by Crippen LogP contribution is -2.42. The van der Waals surface area contributed by atoms with Crippen molar-refractivity contribution in [2.45, 2.75) is 51.9 Å². The van der Waals surface area contributed by atoms with Crippen LogP contribution in [0.1, 0.15) is 43.9 Å². The number of alkyl halides is 3. The number of fused-ring (bicyclic) bond motifs is 1. The normalized spacial score (nSPS) is 15.5. The number of hydrogen-bond donors (Lipinski definition) is 0. The van der Waals surface area contributed by atoms with Gasteiger partial charge in [-0.15, -0.1) is 0 Å². The first-order chi connectivity index (χ1) is 19.1. The molecule has 11 heteroatoms. The standard InChI is InChI=1S/C30H27F6NO4/c1-29(2,3)41-27(38)12-19-9-18-10-21(16-6-8-22(24(33)11-16)30(34,35)36)26(40-4)14-25(18)37(28(19)39)15-17-5-7-20(31)13-23(17)32/h5-8,10-11,13-14,19H,9,12,15H2,1-4H3. The maximum absolute atomic E-state index is 14.6. The highest BCUT2D eigenvalue weighted by atomic mass is 19.4. The zero-order valence-electron chi connectivity index (χ0n) is 22.7. The molecule has 1 aliphatic rings. The van der Waals surface area contributed by atoms with Gasteiger partial charge in [0, 0.05) is 23.3 Å². The second kappa shape index (κ2) is 11.1. The minimum atomic E-state index is -4.88. The molecule has 1 amide bonds. The molecule has 0 aliphatic carbocycles. The first-order valence-electron chi connectivity index (χ1n) is 12.6. The smallest absolute Gasteiger partial charge is 0.419 e. The number of methoxy groups -OCH3 is 1. The number of rotatable bonds is 6. The number of ether oxygens (including phenoxy) is 2. The van der Waals surface area contributed by atoms with Crippen LogP contribution in [0.15, 0.2) is 48.5 Å². The zero-order chi connectivity index (χ0) is 30.3. The molecule has 0 spiro atoms. The third-order valence-corrected chi connectivity index (χ3v) is 6.54. The van der Waals surface area contributed by atoms with Gasteiger partial charge in [0.1, 0.15) is 28.8 Å². The molecule has 0 radical (unpaired) electrons. The number of carbonyl (C=O) groups excluding carboxylic acids is 2. The monoisotopic (exact) mass is 579 g/mol. The van der Waals surface area contributed by atoms with Crippen LogP contribution in [0.25, 0.3) is 11.1 Å². The Kier molecular flexibility index (Phi) is 8.11. The molecule has 0 aromatic heterocycles. The van der Waals surface area contributed by atoms with Crippen LogP contribution in [0.4, 0.5) is 32.0 Å². The van der Waals surface area contributed by atoms with Crippen molar-refractivity contribution in [2.24, 2.45) is 5.92 Å². The Labute approximate surface area is 232 Å². The number of benzene rings is 3. The summed E-state index contributed by atoms with van der Waals surface area (Å²) in [4.78, 5) is 27.5. The Morgan fingerprint density at radius 2 is 1.68 bits per heavy atom. The van der Waals surface area contributed by atoms with Crippen molar-refractivity contribution in [2.75, 3.05) is 12.0 Å². The number of halogens is 6. The van der Waals surface area contributed by atoms with Crippen molar-refractivity contribution >= 4 is 17.6 Å². The average Bonchev–Trinajstić information content (AvgIpc) is 2.85. The fourth-order valence-corrected chi connectivity index (χ4v) is 4.75. The number of amides is 1. The SMILES string of the molecule is COc1cc2c(cc1-c1ccc(C(F)(F)F)c(F)c1)CC(CC(=O)OC(C)(C)C)C(=O)N2Cc1ccc(F)cc1F. The summed E-state index contributed by atoms with van der Waals surface area (Å²) in [6, 6.07) is 8.40. The summed E-state index contributed by atoms with van der Waals surface area (Å²) in [6.07, 6.45) is -5.14. The summed E-state index contributed by atoms with van der Waals surface area (Å²) in [7, 11) is 1.30. The summed E-state index contributed by atoms with van der Waals surface area (Å²) in [5.74, 6) is -5.10. The van der Waals surface area contributed by atoms with Crippen LogP contribution >= 0.6 is 0 Å². The molecule has 4 rings (SSSR count). The topological polar surface area (TPSA) is 55.8 Å². The van der Waals surface area contributed by atoms with E-state index in [1.165, 1.54) is 24.1 Å². The Bertz CT molecular complexity index is 1500. The lowest BCUT2D eigenvalue weighted by Gasteiger charge is -2.35. The fraction of sp³-hybridized carbons (Fsp3) is 0.333. The largest absolute Gasteiger partial charge is 0.496 e. The minimum Gasteiger partial charge on any atom is -0.496 e. The van der Waals surface area contributed by atoms with Gasteiger partial charge in [0.25, 0.3) is 0 Å². The highest BCUT2D eigenvalue weighted by Crippen LogP contribution is 2.43. The first kappa shape index (κ1) is 30.0. The van der Waals surface area contributed by atoms with Crippen LogP contribution in [0.2, 0.25) is 0 Å². The Morgan fingerprint density at radius 1 is 0.976 bits per heavy atom. The van der Waals surface area contributed by atoms with Crippen LogP contribution in [0, 0.1) is 23.4 Å². The molecule has 218 valence electrons. The third kappa shape index (κ3) is 6.66. The summed E-state index contributed by atoms with van der Waals surface area (Å²) >= 11 is 0. The predicted octanol–water partition coefficient (Wildman–Crippen LogP) is 7.24. The summed E-state index contributed by atoms with van der Waals surface area (Å²) in [6.45, 7) is 4.72. The number of esters is 1. The molecule has 3 aromatic carbocycles. The molecule has 1 aliphatic heterocycles. The van der Waals surface area contributed by atoms with E-state index in [-0.39, 0.29) is 41.8 Å². The van der Waals surface area contributed by atoms with E-state index < -0.39 is 52.6 Å². The molecule has 5 nitrogen and oxygen atoms in total. The molecule has 1 atom stereocenters. The molecule has 1 heterocycles. The van der Waals surface area contributed by atoms with E-state index in [9.17, 15) is 35.9 Å². The fourth-order valence-electron chi connectivity index (χ4n) is 4.75. The lowest BCUT2D eigenvalue weighted by molar-refractivity contribution is -0.157. The Hall–Kier alpha value is -4.02. The van der Waals surface area contributed by atoms with Crippen LogP contribution in [-0.2, 0) is 33.5 Å². The van der Waals surface area contributed by atoms with E-state index in [1.54, 1.807) is 26.8 Å². The predicted molar refractivity (Wildman–Crippen MR) is 139 cm³/mol. The van der Waals surface area contributed by atoms with Crippen LogP contribution in [0.3, 0.4) is 0 Å². The van der Waals surface area contributed by atoms with Gasteiger partial charge < -0.3 is 14.4 Å². The van der Waals surface area contributed by atoms with Gasteiger partial charge in [-0.2, -0.15) is 13.2 Å². The lowest BCUT2D eigenvalue weighted by atomic mass is 9.86. The second-order valence-corrected chi connectivity index (χ2v) is 10.7. The third-order valence-electron chi connectivity index (χ3n) is 6.54. The van der Waals surface area contributed by atoms with Crippen LogP contribution < -0.4 is 9.64 Å². The average molecular weight is 580 g/mol. The van der Waals surface area contributed by atoms with Crippen molar-refractivity contribution in [1.82, 2.24) is 0 Å². The van der Waals surface area contributed by atoms with E-state index in [0.29, 0.717) is 23.4 Å². The Morgan fingerprint density at radius 3 is 2.27 bits per heavy atom. The van der Waals surface area contributed by atoms with E-state index in [1.807, 2.05) is 0 Å². The highest BCUT2D eigenvalue weighted by molar-refractivity contribution is 6.00. The van der Waals surface area contributed by atoms with Gasteiger partial charge in [-0.25, -0.2) is 13.2 Å². The number of hydrogen-bond acceptors (Lipinski definition) is 4. The van der Waals surface area contributed by atoms with Gasteiger partial charge in [0.15, 0.2) is 0 Å². The Balaban J connectivity index is 1.81. The van der Waals surface area contributed by atoms with Crippen LogP contribution in [-0.4, -0.2) is 24.6 Å². The molecule has 0 fully saturated rings. The quantitative estimate of drug-likeness (QED) is 0.228. The summed E-state index contributed by atoms with van der Waals surface area (Å²) in [5, 5.41) is 0. The number of carbonyl (C=O) groups is 2. The van der Waals surface area contributed by atoms with Gasteiger partial charge in [0.05, 0.1) is 37.2 Å². The van der Waals surface area contributed by atoms with Gasteiger partial charge in [0.2, 0.25) is 5.91 Å². The van der Waals surface area contributed by atoms with Crippen molar-refractivity contribution in [1.29, 1.82) is 0 Å². The molecule has 0 N–H and O–H groups in total. The van der Waals surface area contributed by atoms with E-state index in [0.717, 1.165) is 18.2 Å². The van der Waals surface area contributed by atoms with Gasteiger partial charge in [-0.05, 0) is 62.6 Å². The van der Waals surface area contributed by atoms with Crippen LogP contribution in [0.5, 0.6) is 5.75 Å². The summed E-state index contributed by atoms with van der Waals surface area (Å²) < 4.78 is 92.8. The molecule has 1 unspecified atom stereocenters. The maximum Gasteiger partial charge on any atom is 0.419 e. The van der Waals surface area contributed by atoms with E-state index in [2.05, 4.69) is 0 Å².